The van der Waals surface area contributed by atoms with Crippen LogP contribution in [0.2, 0.25) is 0 Å². The standard InChI is InChI=1S/C20H24FN3O2S/c1-13-17(15-5-7-16(21)8-6-15)18-19(22-14(2)23-20(18)27-13)24(9-11-25-3)10-12-26-4/h5-8H,9-12H2,1-4H3. The minimum Gasteiger partial charge on any atom is -0.383 e. The van der Waals surface area contributed by atoms with Crippen molar-refractivity contribution in [3.63, 3.8) is 0 Å². The predicted octanol–water partition coefficient (Wildman–Crippen LogP) is 4.21. The average Bonchev–Trinajstić information content (AvgIpc) is 2.97. The average molecular weight is 389 g/mol. The molecule has 0 aliphatic carbocycles. The first kappa shape index (κ1) is 19.7. The molecule has 144 valence electrons. The van der Waals surface area contributed by atoms with Crippen molar-refractivity contribution in [1.82, 2.24) is 9.97 Å². The summed E-state index contributed by atoms with van der Waals surface area (Å²) in [6.07, 6.45) is 0. The molecule has 0 N–H and O–H groups in total. The van der Waals surface area contributed by atoms with Gasteiger partial charge in [0, 0.05) is 37.7 Å². The number of rotatable bonds is 8. The predicted molar refractivity (Wildman–Crippen MR) is 108 cm³/mol. The number of nitrogens with zero attached hydrogens (tertiary/aromatic N) is 3. The van der Waals surface area contributed by atoms with Crippen molar-refractivity contribution >= 4 is 27.4 Å². The van der Waals surface area contributed by atoms with E-state index in [0.29, 0.717) is 26.3 Å². The second kappa shape index (κ2) is 8.73. The number of methoxy groups -OCH3 is 2. The molecule has 0 atom stereocenters. The number of hydrogen-bond acceptors (Lipinski definition) is 6. The third kappa shape index (κ3) is 4.26. The quantitative estimate of drug-likeness (QED) is 0.577. The first-order chi connectivity index (χ1) is 13.0. The number of aromatic nitrogens is 2. The molecule has 2 heterocycles. The van der Waals surface area contributed by atoms with Gasteiger partial charge < -0.3 is 14.4 Å². The van der Waals surface area contributed by atoms with E-state index in [1.807, 2.05) is 19.1 Å². The van der Waals surface area contributed by atoms with Crippen molar-refractivity contribution in [2.24, 2.45) is 0 Å². The molecule has 0 spiro atoms. The number of benzene rings is 1. The molecule has 1 aromatic carbocycles. The van der Waals surface area contributed by atoms with Crippen molar-refractivity contribution in [2.45, 2.75) is 13.8 Å². The van der Waals surface area contributed by atoms with Crippen LogP contribution in [0.1, 0.15) is 10.7 Å². The Hall–Kier alpha value is -2.09. The Labute approximate surface area is 162 Å². The van der Waals surface area contributed by atoms with Gasteiger partial charge in [-0.2, -0.15) is 0 Å². The summed E-state index contributed by atoms with van der Waals surface area (Å²) < 4.78 is 24.0. The second-order valence-corrected chi connectivity index (χ2v) is 7.49. The minimum absolute atomic E-state index is 0.245. The highest BCUT2D eigenvalue weighted by Gasteiger charge is 2.21. The van der Waals surface area contributed by atoms with Gasteiger partial charge in [0.05, 0.1) is 18.6 Å². The summed E-state index contributed by atoms with van der Waals surface area (Å²) in [6, 6.07) is 6.59. The van der Waals surface area contributed by atoms with Gasteiger partial charge in [-0.15, -0.1) is 11.3 Å². The fourth-order valence-corrected chi connectivity index (χ4v) is 4.20. The number of fused-ring (bicyclic) bond motifs is 1. The largest absolute Gasteiger partial charge is 0.383 e. The highest BCUT2D eigenvalue weighted by molar-refractivity contribution is 7.19. The smallest absolute Gasteiger partial charge is 0.141 e. The molecule has 0 radical (unpaired) electrons. The third-order valence-corrected chi connectivity index (χ3v) is 5.38. The van der Waals surface area contributed by atoms with Gasteiger partial charge in [-0.3, -0.25) is 0 Å². The van der Waals surface area contributed by atoms with Gasteiger partial charge in [-0.1, -0.05) is 12.1 Å². The summed E-state index contributed by atoms with van der Waals surface area (Å²) in [5, 5.41) is 1.00. The Morgan fingerprint density at radius 3 is 2.22 bits per heavy atom. The van der Waals surface area contributed by atoms with Crippen LogP contribution in [0.3, 0.4) is 0 Å². The zero-order valence-corrected chi connectivity index (χ0v) is 16.9. The van der Waals surface area contributed by atoms with Crippen LogP contribution in [0.15, 0.2) is 24.3 Å². The molecule has 0 bridgehead atoms. The molecule has 0 aliphatic rings. The first-order valence-corrected chi connectivity index (χ1v) is 9.63. The van der Waals surface area contributed by atoms with Gasteiger partial charge in [0.15, 0.2) is 0 Å². The number of ether oxygens (including phenoxy) is 2. The second-order valence-electron chi connectivity index (χ2n) is 6.29. The Bertz CT molecular complexity index is 904. The van der Waals surface area contributed by atoms with Crippen LogP contribution in [0, 0.1) is 19.7 Å². The summed E-state index contributed by atoms with van der Waals surface area (Å²) in [7, 11) is 3.38. The topological polar surface area (TPSA) is 47.5 Å². The van der Waals surface area contributed by atoms with Gasteiger partial charge >= 0.3 is 0 Å². The molecule has 0 fully saturated rings. The van der Waals surface area contributed by atoms with E-state index in [4.69, 9.17) is 14.5 Å². The maximum atomic E-state index is 13.4. The molecule has 0 aliphatic heterocycles. The van der Waals surface area contributed by atoms with Crippen molar-refractivity contribution in [3.05, 3.63) is 40.8 Å². The van der Waals surface area contributed by atoms with E-state index in [9.17, 15) is 4.39 Å². The van der Waals surface area contributed by atoms with E-state index in [1.54, 1.807) is 25.6 Å². The molecule has 5 nitrogen and oxygen atoms in total. The fraction of sp³-hybridized carbons (Fsp3) is 0.400. The summed E-state index contributed by atoms with van der Waals surface area (Å²) in [6.45, 7) is 6.54. The minimum atomic E-state index is -0.245. The number of thiophene rings is 1. The SMILES string of the molecule is COCCN(CCOC)c1nc(C)nc2sc(C)c(-c3ccc(F)cc3)c12. The lowest BCUT2D eigenvalue weighted by molar-refractivity contribution is 0.190. The van der Waals surface area contributed by atoms with Crippen molar-refractivity contribution < 1.29 is 13.9 Å². The van der Waals surface area contributed by atoms with Gasteiger partial charge in [0.2, 0.25) is 0 Å². The Kier molecular flexibility index (Phi) is 6.36. The Morgan fingerprint density at radius 2 is 1.63 bits per heavy atom. The molecule has 2 aromatic heterocycles. The normalized spacial score (nSPS) is 11.3. The molecule has 0 amide bonds. The van der Waals surface area contributed by atoms with E-state index >= 15 is 0 Å². The highest BCUT2D eigenvalue weighted by atomic mass is 32.1. The Balaban J connectivity index is 2.19. The summed E-state index contributed by atoms with van der Waals surface area (Å²) in [5.41, 5.74) is 2.03. The maximum absolute atomic E-state index is 13.4. The lowest BCUT2D eigenvalue weighted by Crippen LogP contribution is -2.31. The van der Waals surface area contributed by atoms with E-state index < -0.39 is 0 Å². The third-order valence-electron chi connectivity index (χ3n) is 4.38. The van der Waals surface area contributed by atoms with Crippen LogP contribution in [-0.4, -0.2) is 50.5 Å². The zero-order valence-electron chi connectivity index (χ0n) is 16.1. The van der Waals surface area contributed by atoms with Crippen molar-refractivity contribution in [3.8, 4) is 11.1 Å². The molecule has 3 rings (SSSR count). The van der Waals surface area contributed by atoms with E-state index in [-0.39, 0.29) is 5.82 Å². The summed E-state index contributed by atoms with van der Waals surface area (Å²) in [5.74, 6) is 1.35. The van der Waals surface area contributed by atoms with Gasteiger partial charge in [0.25, 0.3) is 0 Å². The van der Waals surface area contributed by atoms with Crippen LogP contribution in [0.5, 0.6) is 0 Å². The van der Waals surface area contributed by atoms with Crippen LogP contribution in [-0.2, 0) is 9.47 Å². The van der Waals surface area contributed by atoms with Crippen molar-refractivity contribution in [2.75, 3.05) is 45.4 Å². The molecular formula is C20H24FN3O2S. The van der Waals surface area contributed by atoms with E-state index in [0.717, 1.165) is 37.9 Å². The van der Waals surface area contributed by atoms with Gasteiger partial charge in [-0.05, 0) is 31.5 Å². The van der Waals surface area contributed by atoms with Crippen LogP contribution in [0.25, 0.3) is 21.3 Å². The number of hydrogen-bond donors (Lipinski definition) is 0. The van der Waals surface area contributed by atoms with E-state index in [2.05, 4.69) is 16.8 Å². The molecule has 7 heteroatoms. The fourth-order valence-electron chi connectivity index (χ4n) is 3.12. The van der Waals surface area contributed by atoms with Gasteiger partial charge in [0.1, 0.15) is 22.3 Å². The first-order valence-electron chi connectivity index (χ1n) is 8.81. The van der Waals surface area contributed by atoms with Crippen molar-refractivity contribution in [1.29, 1.82) is 0 Å². The summed E-state index contributed by atoms with van der Waals surface area (Å²) >= 11 is 1.64. The molecular weight excluding hydrogens is 365 g/mol. The number of halogens is 1. The molecule has 0 saturated heterocycles. The molecule has 0 saturated carbocycles. The van der Waals surface area contributed by atoms with Gasteiger partial charge in [-0.25, -0.2) is 14.4 Å². The zero-order chi connectivity index (χ0) is 19.4. The maximum Gasteiger partial charge on any atom is 0.141 e. The lowest BCUT2D eigenvalue weighted by atomic mass is 10.0. The van der Waals surface area contributed by atoms with Crippen LogP contribution >= 0.6 is 11.3 Å². The lowest BCUT2D eigenvalue weighted by Gasteiger charge is -2.24. The summed E-state index contributed by atoms with van der Waals surface area (Å²) in [4.78, 5) is 13.7. The van der Waals surface area contributed by atoms with Crippen LogP contribution < -0.4 is 4.90 Å². The number of anilines is 1. The number of aryl methyl sites for hydroxylation is 2. The van der Waals surface area contributed by atoms with Crippen LogP contribution in [0.4, 0.5) is 10.2 Å². The highest BCUT2D eigenvalue weighted by Crippen LogP contribution is 2.41. The monoisotopic (exact) mass is 389 g/mol. The molecule has 27 heavy (non-hydrogen) atoms. The molecule has 3 aromatic rings. The van der Waals surface area contributed by atoms with E-state index in [1.165, 1.54) is 12.1 Å². The Morgan fingerprint density at radius 1 is 1.00 bits per heavy atom. The molecule has 0 unspecified atom stereocenters.